The van der Waals surface area contributed by atoms with E-state index in [4.69, 9.17) is 5.73 Å². The van der Waals surface area contributed by atoms with E-state index in [0.717, 1.165) is 5.69 Å². The van der Waals surface area contributed by atoms with Crippen molar-refractivity contribution in [3.63, 3.8) is 0 Å². The van der Waals surface area contributed by atoms with E-state index < -0.39 is 6.04 Å². The molecule has 5 nitrogen and oxygen atoms in total. The van der Waals surface area contributed by atoms with Crippen molar-refractivity contribution in [3.05, 3.63) is 18.2 Å². The standard InChI is InChI=1S/C8H14N4O/c1-2-7(9)8(13)11-4-6-3-10-5-12-6/h3,5,7H,2,4,9H2,1H3,(H,10,12)(H,11,13)/t7-/m1/s1. The smallest absolute Gasteiger partial charge is 0.237 e. The van der Waals surface area contributed by atoms with Crippen molar-refractivity contribution in [1.82, 2.24) is 15.3 Å². The second-order valence-corrected chi connectivity index (χ2v) is 2.81. The Labute approximate surface area is 76.7 Å². The van der Waals surface area contributed by atoms with E-state index in [-0.39, 0.29) is 5.91 Å². The van der Waals surface area contributed by atoms with Crippen molar-refractivity contribution in [3.8, 4) is 0 Å². The molecule has 0 aliphatic carbocycles. The van der Waals surface area contributed by atoms with E-state index in [2.05, 4.69) is 15.3 Å². The molecular formula is C8H14N4O. The number of nitrogens with two attached hydrogens (primary N) is 1. The third kappa shape index (κ3) is 2.87. The zero-order valence-electron chi connectivity index (χ0n) is 7.58. The first-order chi connectivity index (χ1) is 6.24. The second kappa shape index (κ2) is 4.61. The molecule has 5 heteroatoms. The Hall–Kier alpha value is -1.36. The van der Waals surface area contributed by atoms with Gasteiger partial charge in [-0.3, -0.25) is 4.79 Å². The van der Waals surface area contributed by atoms with E-state index in [0.29, 0.717) is 13.0 Å². The summed E-state index contributed by atoms with van der Waals surface area (Å²) in [5.41, 5.74) is 6.39. The van der Waals surface area contributed by atoms with Gasteiger partial charge < -0.3 is 16.0 Å². The van der Waals surface area contributed by atoms with E-state index >= 15 is 0 Å². The average Bonchev–Trinajstić information content (AvgIpc) is 2.65. The van der Waals surface area contributed by atoms with Crippen LogP contribution in [0.25, 0.3) is 0 Å². The van der Waals surface area contributed by atoms with Gasteiger partial charge in [0, 0.05) is 6.20 Å². The van der Waals surface area contributed by atoms with E-state index in [1.54, 1.807) is 12.5 Å². The van der Waals surface area contributed by atoms with Gasteiger partial charge in [-0.05, 0) is 6.42 Å². The van der Waals surface area contributed by atoms with Crippen LogP contribution in [0.3, 0.4) is 0 Å². The predicted octanol–water partition coefficient (Wildman–Crippen LogP) is -0.237. The zero-order valence-corrected chi connectivity index (χ0v) is 7.58. The number of nitrogens with zero attached hydrogens (tertiary/aromatic N) is 1. The summed E-state index contributed by atoms with van der Waals surface area (Å²) in [5, 5.41) is 2.70. The Morgan fingerprint density at radius 2 is 2.62 bits per heavy atom. The minimum Gasteiger partial charge on any atom is -0.349 e. The quantitative estimate of drug-likeness (QED) is 0.601. The fourth-order valence-electron chi connectivity index (χ4n) is 0.880. The molecule has 0 bridgehead atoms. The van der Waals surface area contributed by atoms with Crippen molar-refractivity contribution in [2.45, 2.75) is 25.9 Å². The van der Waals surface area contributed by atoms with Crippen LogP contribution in [0, 0.1) is 0 Å². The van der Waals surface area contributed by atoms with Crippen molar-refractivity contribution in [2.75, 3.05) is 0 Å². The van der Waals surface area contributed by atoms with Gasteiger partial charge in [0.2, 0.25) is 5.91 Å². The molecule has 0 saturated heterocycles. The molecule has 4 N–H and O–H groups in total. The Morgan fingerprint density at radius 3 is 3.15 bits per heavy atom. The number of hydrogen-bond donors (Lipinski definition) is 3. The maximum Gasteiger partial charge on any atom is 0.237 e. The van der Waals surface area contributed by atoms with E-state index in [9.17, 15) is 4.79 Å². The Balaban J connectivity index is 2.31. The molecule has 0 fully saturated rings. The average molecular weight is 182 g/mol. The number of imidazole rings is 1. The summed E-state index contributed by atoms with van der Waals surface area (Å²) in [5.74, 6) is -0.128. The maximum absolute atomic E-state index is 11.2. The third-order valence-electron chi connectivity index (χ3n) is 1.78. The maximum atomic E-state index is 11.2. The van der Waals surface area contributed by atoms with Crippen LogP contribution in [0.4, 0.5) is 0 Å². The van der Waals surface area contributed by atoms with Crippen LogP contribution in [0.15, 0.2) is 12.5 Å². The first-order valence-electron chi connectivity index (χ1n) is 4.24. The number of rotatable bonds is 4. The largest absolute Gasteiger partial charge is 0.349 e. The molecule has 0 aliphatic heterocycles. The van der Waals surface area contributed by atoms with Crippen molar-refractivity contribution < 1.29 is 4.79 Å². The van der Waals surface area contributed by atoms with Gasteiger partial charge in [-0.25, -0.2) is 4.98 Å². The molecule has 1 heterocycles. The summed E-state index contributed by atoms with van der Waals surface area (Å²) in [6.07, 6.45) is 3.88. The molecule has 1 amide bonds. The molecule has 0 aliphatic rings. The highest BCUT2D eigenvalue weighted by Gasteiger charge is 2.09. The lowest BCUT2D eigenvalue weighted by Crippen LogP contribution is -2.39. The molecule has 0 unspecified atom stereocenters. The van der Waals surface area contributed by atoms with Crippen LogP contribution in [-0.2, 0) is 11.3 Å². The Morgan fingerprint density at radius 1 is 1.85 bits per heavy atom. The predicted molar refractivity (Wildman–Crippen MR) is 48.7 cm³/mol. The molecule has 0 saturated carbocycles. The molecule has 1 aromatic rings. The van der Waals surface area contributed by atoms with Crippen molar-refractivity contribution >= 4 is 5.91 Å². The fourth-order valence-corrected chi connectivity index (χ4v) is 0.880. The van der Waals surface area contributed by atoms with Gasteiger partial charge in [-0.2, -0.15) is 0 Å². The van der Waals surface area contributed by atoms with Crippen LogP contribution in [0.5, 0.6) is 0 Å². The summed E-state index contributed by atoms with van der Waals surface area (Å²) in [6, 6.07) is -0.414. The number of carbonyl (C=O) groups excluding carboxylic acids is 1. The summed E-state index contributed by atoms with van der Waals surface area (Å²) in [4.78, 5) is 17.9. The van der Waals surface area contributed by atoms with Crippen molar-refractivity contribution in [2.24, 2.45) is 5.73 Å². The number of aromatic nitrogens is 2. The molecule has 72 valence electrons. The molecule has 0 radical (unpaired) electrons. The lowest BCUT2D eigenvalue weighted by atomic mass is 10.2. The second-order valence-electron chi connectivity index (χ2n) is 2.81. The Kier molecular flexibility index (Phi) is 3.45. The number of carbonyl (C=O) groups is 1. The summed E-state index contributed by atoms with van der Waals surface area (Å²) < 4.78 is 0. The summed E-state index contributed by atoms with van der Waals surface area (Å²) in [6.45, 7) is 2.33. The topological polar surface area (TPSA) is 83.8 Å². The van der Waals surface area contributed by atoms with Crippen molar-refractivity contribution in [1.29, 1.82) is 0 Å². The molecule has 1 rings (SSSR count). The van der Waals surface area contributed by atoms with Gasteiger partial charge in [0.15, 0.2) is 0 Å². The lowest BCUT2D eigenvalue weighted by Gasteiger charge is -2.08. The van der Waals surface area contributed by atoms with Gasteiger partial charge in [0.1, 0.15) is 0 Å². The van der Waals surface area contributed by atoms with Gasteiger partial charge in [0.05, 0.1) is 24.6 Å². The van der Waals surface area contributed by atoms with Gasteiger partial charge in [-0.15, -0.1) is 0 Å². The molecule has 13 heavy (non-hydrogen) atoms. The first kappa shape index (κ1) is 9.73. The van der Waals surface area contributed by atoms with E-state index in [1.165, 1.54) is 0 Å². The van der Waals surface area contributed by atoms with Crippen LogP contribution in [0.2, 0.25) is 0 Å². The van der Waals surface area contributed by atoms with Crippen LogP contribution >= 0.6 is 0 Å². The Bertz CT molecular complexity index is 257. The lowest BCUT2D eigenvalue weighted by molar-refractivity contribution is -0.122. The fraction of sp³-hybridized carbons (Fsp3) is 0.500. The van der Waals surface area contributed by atoms with Crippen LogP contribution < -0.4 is 11.1 Å². The summed E-state index contributed by atoms with van der Waals surface area (Å²) in [7, 11) is 0. The van der Waals surface area contributed by atoms with Gasteiger partial charge >= 0.3 is 0 Å². The van der Waals surface area contributed by atoms with Gasteiger partial charge in [-0.1, -0.05) is 6.92 Å². The first-order valence-corrected chi connectivity index (χ1v) is 4.24. The molecule has 1 aromatic heterocycles. The molecule has 0 aromatic carbocycles. The highest BCUT2D eigenvalue weighted by molar-refractivity contribution is 5.81. The van der Waals surface area contributed by atoms with Gasteiger partial charge in [0.25, 0.3) is 0 Å². The molecule has 0 spiro atoms. The third-order valence-corrected chi connectivity index (χ3v) is 1.78. The number of nitrogens with one attached hydrogen (secondary N) is 2. The molecule has 1 atom stereocenters. The number of amides is 1. The minimum atomic E-state index is -0.414. The normalized spacial score (nSPS) is 12.5. The zero-order chi connectivity index (χ0) is 9.68. The monoisotopic (exact) mass is 182 g/mol. The van der Waals surface area contributed by atoms with Crippen LogP contribution in [0.1, 0.15) is 19.0 Å². The summed E-state index contributed by atoms with van der Waals surface area (Å²) >= 11 is 0. The van der Waals surface area contributed by atoms with E-state index in [1.807, 2.05) is 6.92 Å². The molecular weight excluding hydrogens is 168 g/mol. The number of aromatic amines is 1. The number of H-pyrrole nitrogens is 1. The number of hydrogen-bond acceptors (Lipinski definition) is 3. The minimum absolute atomic E-state index is 0.128. The highest BCUT2D eigenvalue weighted by Crippen LogP contribution is 1.91. The van der Waals surface area contributed by atoms with Crippen LogP contribution in [-0.4, -0.2) is 21.9 Å². The SMILES string of the molecule is CC[C@@H](N)C(=O)NCc1cnc[nH]1. The highest BCUT2D eigenvalue weighted by atomic mass is 16.2.